The van der Waals surface area contributed by atoms with Gasteiger partial charge in [0.05, 0.1) is 33.9 Å². The first-order valence-corrected chi connectivity index (χ1v) is 16.4. The summed E-state index contributed by atoms with van der Waals surface area (Å²) in [5.74, 6) is -0.309. The minimum atomic E-state index is -2.17. The number of amides is 1. The number of aliphatic imine (C=N–C) groups is 2. The molecule has 0 saturated heterocycles. The summed E-state index contributed by atoms with van der Waals surface area (Å²) in [6.45, 7) is 10.3. The molecule has 0 radical (unpaired) electrons. The number of benzene rings is 2. The molecule has 0 spiro atoms. The molecule has 0 fully saturated rings. The predicted molar refractivity (Wildman–Crippen MR) is 183 cm³/mol. The van der Waals surface area contributed by atoms with E-state index in [1.807, 2.05) is 26.8 Å². The first-order valence-electron chi connectivity index (χ1n) is 16.4. The standard InChI is InChI=1S/C35H47N7O6/c1-34(2,3)21-48-33(45)42-35(29(43)46-4,30(44)47-5)20-26-18-25-17-24-16-22(8-10-36-31-38-12-13-39-31)6-7-27(24)28(25)19-23(26)9-11-37-32-40-14-15-41-32/h6-7,16,18-19H,8-15,17,20-21H2,1-5H3,(H,42,45)(H2,36,38,39)(H2,37,40,41). The number of nitrogens with zero attached hydrogens (tertiary/aromatic N) is 2. The summed E-state index contributed by atoms with van der Waals surface area (Å²) < 4.78 is 15.6. The Morgan fingerprint density at radius 3 is 2.02 bits per heavy atom. The first kappa shape index (κ1) is 34.5. The number of carbonyl (C=O) groups is 3. The molecule has 13 heteroatoms. The second-order valence-electron chi connectivity index (χ2n) is 13.4. The van der Waals surface area contributed by atoms with Crippen molar-refractivity contribution in [1.29, 1.82) is 0 Å². The number of nitrogens with one attached hydrogen (secondary N) is 5. The Labute approximate surface area is 281 Å². The third-order valence-electron chi connectivity index (χ3n) is 8.48. The van der Waals surface area contributed by atoms with Crippen LogP contribution in [0.1, 0.15) is 48.6 Å². The van der Waals surface area contributed by atoms with E-state index in [-0.39, 0.29) is 18.4 Å². The van der Waals surface area contributed by atoms with Gasteiger partial charge in [0.15, 0.2) is 11.9 Å². The monoisotopic (exact) mass is 661 g/mol. The van der Waals surface area contributed by atoms with E-state index in [1.54, 1.807) is 0 Å². The Morgan fingerprint density at radius 1 is 0.812 bits per heavy atom. The van der Waals surface area contributed by atoms with Gasteiger partial charge in [-0.3, -0.25) is 15.3 Å². The van der Waals surface area contributed by atoms with Crippen molar-refractivity contribution >= 4 is 30.0 Å². The smallest absolute Gasteiger partial charge is 0.408 e. The molecule has 3 aliphatic rings. The molecule has 2 aromatic rings. The van der Waals surface area contributed by atoms with Crippen molar-refractivity contribution in [2.24, 2.45) is 15.4 Å². The van der Waals surface area contributed by atoms with Crippen molar-refractivity contribution in [2.45, 2.75) is 52.0 Å². The molecule has 258 valence electrons. The predicted octanol–water partition coefficient (Wildman–Crippen LogP) is 1.84. The van der Waals surface area contributed by atoms with E-state index < -0.39 is 23.6 Å². The number of rotatable bonds is 12. The number of ether oxygens (including phenoxy) is 3. The van der Waals surface area contributed by atoms with Crippen LogP contribution in [0.15, 0.2) is 40.3 Å². The molecule has 0 saturated carbocycles. The molecular weight excluding hydrogens is 614 g/mol. The van der Waals surface area contributed by atoms with E-state index in [0.29, 0.717) is 31.5 Å². The lowest BCUT2D eigenvalue weighted by atomic mass is 9.85. The van der Waals surface area contributed by atoms with Gasteiger partial charge < -0.3 is 35.5 Å². The molecule has 0 bridgehead atoms. The van der Waals surface area contributed by atoms with Gasteiger partial charge in [0.1, 0.15) is 0 Å². The van der Waals surface area contributed by atoms with Crippen molar-refractivity contribution in [3.8, 4) is 11.1 Å². The van der Waals surface area contributed by atoms with Crippen LogP contribution in [-0.2, 0) is 49.5 Å². The lowest BCUT2D eigenvalue weighted by Gasteiger charge is -2.30. The zero-order valence-corrected chi connectivity index (χ0v) is 28.5. The third-order valence-corrected chi connectivity index (χ3v) is 8.48. The zero-order valence-electron chi connectivity index (χ0n) is 28.5. The molecule has 48 heavy (non-hydrogen) atoms. The largest absolute Gasteiger partial charge is 0.467 e. The Kier molecular flexibility index (Phi) is 10.8. The molecule has 1 amide bonds. The SMILES string of the molecule is COC(=O)C(Cc1cc2c(cc1CCNC1=NCCN1)-c1ccc(CCNC3=NCCN3)cc1C2)(NC(=O)OCC(C)(C)C)C(=O)OC. The highest BCUT2D eigenvalue weighted by atomic mass is 16.6. The number of esters is 2. The maximum atomic E-state index is 13.4. The summed E-state index contributed by atoms with van der Waals surface area (Å²) in [6, 6.07) is 10.7. The van der Waals surface area contributed by atoms with Crippen LogP contribution in [0.25, 0.3) is 11.1 Å². The summed E-state index contributed by atoms with van der Waals surface area (Å²) in [7, 11) is 2.35. The number of hydrogen-bond acceptors (Lipinski definition) is 12. The third kappa shape index (κ3) is 8.18. The fraction of sp³-hybridized carbons (Fsp3) is 0.514. The Bertz CT molecular complexity index is 1580. The van der Waals surface area contributed by atoms with Crippen LogP contribution in [0.5, 0.6) is 0 Å². The van der Waals surface area contributed by atoms with Crippen LogP contribution in [-0.4, -0.2) is 95.6 Å². The molecule has 2 aromatic carbocycles. The average molecular weight is 662 g/mol. The molecule has 1 aliphatic carbocycles. The molecule has 2 aliphatic heterocycles. The van der Waals surface area contributed by atoms with E-state index in [1.165, 1.54) is 25.3 Å². The molecule has 13 nitrogen and oxygen atoms in total. The van der Waals surface area contributed by atoms with Gasteiger partial charge in [-0.15, -0.1) is 0 Å². The number of carbonyl (C=O) groups excluding carboxylic acids is 3. The van der Waals surface area contributed by atoms with Gasteiger partial charge in [-0.05, 0) is 63.6 Å². The molecule has 0 aromatic heterocycles. The van der Waals surface area contributed by atoms with Crippen LogP contribution < -0.4 is 26.6 Å². The molecule has 2 heterocycles. The number of alkyl carbamates (subject to hydrolysis) is 1. The van der Waals surface area contributed by atoms with E-state index in [4.69, 9.17) is 14.2 Å². The van der Waals surface area contributed by atoms with Crippen LogP contribution in [0, 0.1) is 5.41 Å². The normalized spacial score (nSPS) is 14.9. The zero-order chi connectivity index (χ0) is 34.3. The van der Waals surface area contributed by atoms with E-state index in [9.17, 15) is 14.4 Å². The molecule has 5 N–H and O–H groups in total. The van der Waals surface area contributed by atoms with Crippen molar-refractivity contribution in [2.75, 3.05) is 60.1 Å². The number of guanidine groups is 2. The lowest BCUT2D eigenvalue weighted by molar-refractivity contribution is -0.163. The summed E-state index contributed by atoms with van der Waals surface area (Å²) in [5.41, 5.74) is 4.88. The first-order chi connectivity index (χ1) is 23.0. The Balaban J connectivity index is 1.45. The topological polar surface area (TPSA) is 164 Å². The second-order valence-corrected chi connectivity index (χ2v) is 13.4. The quantitative estimate of drug-likeness (QED) is 0.110. The second kappa shape index (κ2) is 15.0. The summed E-state index contributed by atoms with van der Waals surface area (Å²) >= 11 is 0. The lowest BCUT2D eigenvalue weighted by Crippen LogP contribution is -2.62. The summed E-state index contributed by atoms with van der Waals surface area (Å²) in [4.78, 5) is 48.8. The van der Waals surface area contributed by atoms with E-state index >= 15 is 0 Å². The van der Waals surface area contributed by atoms with Gasteiger partial charge in [0.2, 0.25) is 5.54 Å². The highest BCUT2D eigenvalue weighted by Gasteiger charge is 2.51. The Morgan fingerprint density at radius 2 is 1.44 bits per heavy atom. The molecule has 0 atom stereocenters. The van der Waals surface area contributed by atoms with Gasteiger partial charge in [0, 0.05) is 32.6 Å². The van der Waals surface area contributed by atoms with Crippen molar-refractivity contribution in [3.05, 3.63) is 58.1 Å². The highest BCUT2D eigenvalue weighted by Crippen LogP contribution is 2.39. The molecule has 0 unspecified atom stereocenters. The van der Waals surface area contributed by atoms with Crippen LogP contribution in [0.2, 0.25) is 0 Å². The molecule has 5 rings (SSSR count). The average Bonchev–Trinajstić information content (AvgIpc) is 3.84. The van der Waals surface area contributed by atoms with Gasteiger partial charge in [-0.1, -0.05) is 51.1 Å². The maximum absolute atomic E-state index is 13.4. The fourth-order valence-electron chi connectivity index (χ4n) is 6.13. The summed E-state index contributed by atoms with van der Waals surface area (Å²) in [5, 5.41) is 15.7. The van der Waals surface area contributed by atoms with Gasteiger partial charge in [-0.2, -0.15) is 0 Å². The van der Waals surface area contributed by atoms with Crippen LogP contribution >= 0.6 is 0 Å². The number of hydrogen-bond donors (Lipinski definition) is 5. The van der Waals surface area contributed by atoms with Crippen LogP contribution in [0.4, 0.5) is 4.79 Å². The highest BCUT2D eigenvalue weighted by molar-refractivity contribution is 6.07. The number of fused-ring (bicyclic) bond motifs is 3. The van der Waals surface area contributed by atoms with Gasteiger partial charge in [0.25, 0.3) is 0 Å². The van der Waals surface area contributed by atoms with Crippen molar-refractivity contribution in [3.63, 3.8) is 0 Å². The van der Waals surface area contributed by atoms with Crippen molar-refractivity contribution in [1.82, 2.24) is 26.6 Å². The minimum Gasteiger partial charge on any atom is -0.467 e. The Hall–Kier alpha value is -4.81. The molecular formula is C35H47N7O6. The van der Waals surface area contributed by atoms with Crippen molar-refractivity contribution < 1.29 is 28.6 Å². The number of methoxy groups -OCH3 is 2. The van der Waals surface area contributed by atoms with Gasteiger partial charge >= 0.3 is 18.0 Å². The minimum absolute atomic E-state index is 0.0763. The fourth-order valence-corrected chi connectivity index (χ4v) is 6.13. The van der Waals surface area contributed by atoms with E-state index in [0.717, 1.165) is 66.8 Å². The van der Waals surface area contributed by atoms with Crippen LogP contribution in [0.3, 0.4) is 0 Å². The summed E-state index contributed by atoms with van der Waals surface area (Å²) in [6.07, 6.45) is 0.997. The maximum Gasteiger partial charge on any atom is 0.408 e. The van der Waals surface area contributed by atoms with Gasteiger partial charge in [-0.25, -0.2) is 14.4 Å². The van der Waals surface area contributed by atoms with E-state index in [2.05, 4.69) is 60.8 Å².